The molecule has 1 aliphatic carbocycles. The largest absolute Gasteiger partial charge is 0.493 e. The first-order valence-corrected chi connectivity index (χ1v) is 12.2. The van der Waals surface area contributed by atoms with Crippen molar-refractivity contribution in [3.63, 3.8) is 0 Å². The highest BCUT2D eigenvalue weighted by atomic mass is 79.9. The molecule has 2 aliphatic rings. The van der Waals surface area contributed by atoms with Crippen LogP contribution in [0.1, 0.15) is 36.8 Å². The molecule has 1 saturated carbocycles. The molecular weight excluding hydrogens is 547 g/mol. The van der Waals surface area contributed by atoms with Gasteiger partial charge in [0.15, 0.2) is 11.5 Å². The number of nitrogens with zero attached hydrogens (tertiary/aromatic N) is 1. The van der Waals surface area contributed by atoms with Crippen molar-refractivity contribution < 1.29 is 23.9 Å². The molecule has 1 N–H and O–H groups in total. The number of methoxy groups -OCH3 is 1. The number of amides is 4. The molecular formula is C24H21BrCl2N2O5. The second-order valence-corrected chi connectivity index (χ2v) is 9.68. The molecule has 2 aromatic rings. The summed E-state index contributed by atoms with van der Waals surface area (Å²) in [7, 11) is 1.49. The number of carbonyl (C=O) groups excluding carboxylic acids is 3. The molecule has 2 aromatic carbocycles. The average Bonchev–Trinajstić information content (AvgIpc) is 3.31. The van der Waals surface area contributed by atoms with Crippen LogP contribution < -0.4 is 14.8 Å². The number of urea groups is 1. The Morgan fingerprint density at radius 2 is 1.85 bits per heavy atom. The molecule has 0 bridgehead atoms. The Balaban J connectivity index is 1.60. The van der Waals surface area contributed by atoms with E-state index < -0.39 is 17.8 Å². The minimum atomic E-state index is -0.729. The van der Waals surface area contributed by atoms with Crippen LogP contribution in [0.4, 0.5) is 4.79 Å². The van der Waals surface area contributed by atoms with Gasteiger partial charge in [-0.15, -0.1) is 0 Å². The monoisotopic (exact) mass is 566 g/mol. The molecule has 4 amide bonds. The Kier molecular flexibility index (Phi) is 7.50. The Labute approximate surface area is 215 Å². The van der Waals surface area contributed by atoms with E-state index in [9.17, 15) is 14.4 Å². The molecule has 2 fully saturated rings. The quantitative estimate of drug-likeness (QED) is 0.355. The van der Waals surface area contributed by atoms with E-state index in [0.29, 0.717) is 31.6 Å². The molecule has 0 spiro atoms. The number of benzene rings is 2. The van der Waals surface area contributed by atoms with Crippen LogP contribution in [0.5, 0.6) is 11.5 Å². The predicted octanol–water partition coefficient (Wildman–Crippen LogP) is 5.75. The maximum Gasteiger partial charge on any atom is 0.331 e. The van der Waals surface area contributed by atoms with Crippen LogP contribution >= 0.6 is 39.1 Å². The highest BCUT2D eigenvalue weighted by Gasteiger charge is 2.40. The summed E-state index contributed by atoms with van der Waals surface area (Å²) in [5.74, 6) is -0.491. The van der Waals surface area contributed by atoms with Crippen LogP contribution in [0, 0.1) is 0 Å². The van der Waals surface area contributed by atoms with E-state index in [0.717, 1.165) is 31.2 Å². The van der Waals surface area contributed by atoms with Crippen molar-refractivity contribution in [1.29, 1.82) is 0 Å². The smallest absolute Gasteiger partial charge is 0.331 e. The fourth-order valence-corrected chi connectivity index (χ4v) is 4.95. The van der Waals surface area contributed by atoms with Gasteiger partial charge in [-0.25, -0.2) is 4.79 Å². The number of hydrogen-bond donors (Lipinski definition) is 1. The lowest BCUT2D eigenvalue weighted by molar-refractivity contribution is -0.131. The minimum absolute atomic E-state index is 0.115. The second-order valence-electron chi connectivity index (χ2n) is 7.98. The minimum Gasteiger partial charge on any atom is -0.493 e. The Bertz CT molecular complexity index is 1190. The van der Waals surface area contributed by atoms with Crippen LogP contribution in [-0.4, -0.2) is 35.9 Å². The van der Waals surface area contributed by atoms with Crippen molar-refractivity contribution >= 4 is 63.1 Å². The lowest BCUT2D eigenvalue weighted by Crippen LogP contribution is -2.57. The van der Waals surface area contributed by atoms with Gasteiger partial charge in [0, 0.05) is 26.1 Å². The zero-order valence-corrected chi connectivity index (χ0v) is 21.3. The van der Waals surface area contributed by atoms with E-state index in [4.69, 9.17) is 32.7 Å². The second kappa shape index (κ2) is 10.4. The molecule has 1 heterocycles. The molecule has 0 aromatic heterocycles. The first kappa shape index (κ1) is 24.6. The number of barbiturate groups is 1. The SMILES string of the molecule is COc1cc(/C=C2\C(=O)NC(=O)N(C3CCCC3)C2=O)c(Br)cc1OCc1ccc(Cl)cc1Cl. The van der Waals surface area contributed by atoms with Gasteiger partial charge in [-0.2, -0.15) is 0 Å². The van der Waals surface area contributed by atoms with Gasteiger partial charge in [-0.3, -0.25) is 19.8 Å². The summed E-state index contributed by atoms with van der Waals surface area (Å²) in [5, 5.41) is 3.29. The number of hydrogen-bond acceptors (Lipinski definition) is 5. The third-order valence-electron chi connectivity index (χ3n) is 5.80. The topological polar surface area (TPSA) is 84.9 Å². The van der Waals surface area contributed by atoms with Crippen molar-refractivity contribution in [3.8, 4) is 11.5 Å². The summed E-state index contributed by atoms with van der Waals surface area (Å²) in [4.78, 5) is 39.0. The molecule has 0 radical (unpaired) electrons. The Morgan fingerprint density at radius 1 is 1.12 bits per heavy atom. The molecule has 1 aliphatic heterocycles. The lowest BCUT2D eigenvalue weighted by atomic mass is 10.0. The van der Waals surface area contributed by atoms with Crippen LogP contribution in [0.3, 0.4) is 0 Å². The fraction of sp³-hybridized carbons (Fsp3) is 0.292. The third kappa shape index (κ3) is 5.09. The van der Waals surface area contributed by atoms with Gasteiger partial charge in [-0.05, 0) is 48.7 Å². The number of carbonyl (C=O) groups is 3. The summed E-state index contributed by atoms with van der Waals surface area (Å²) in [6.07, 6.45) is 4.81. The van der Waals surface area contributed by atoms with Gasteiger partial charge in [0.25, 0.3) is 11.8 Å². The van der Waals surface area contributed by atoms with Gasteiger partial charge in [0.2, 0.25) is 0 Å². The van der Waals surface area contributed by atoms with Crippen LogP contribution in [0.2, 0.25) is 10.0 Å². The zero-order chi connectivity index (χ0) is 24.4. The maximum atomic E-state index is 13.1. The van der Waals surface area contributed by atoms with Gasteiger partial charge in [0.1, 0.15) is 12.2 Å². The van der Waals surface area contributed by atoms with Gasteiger partial charge in [0.05, 0.1) is 7.11 Å². The Hall–Kier alpha value is -2.55. The highest BCUT2D eigenvalue weighted by molar-refractivity contribution is 9.10. The number of ether oxygens (including phenoxy) is 2. The van der Waals surface area contributed by atoms with Gasteiger partial charge < -0.3 is 9.47 Å². The third-order valence-corrected chi connectivity index (χ3v) is 7.08. The summed E-state index contributed by atoms with van der Waals surface area (Å²) >= 11 is 15.6. The summed E-state index contributed by atoms with van der Waals surface area (Å²) in [6, 6.07) is 7.59. The molecule has 1 saturated heterocycles. The molecule has 34 heavy (non-hydrogen) atoms. The number of rotatable bonds is 6. The summed E-state index contributed by atoms with van der Waals surface area (Å²) in [5.41, 5.74) is 1.15. The molecule has 7 nitrogen and oxygen atoms in total. The van der Waals surface area contributed by atoms with E-state index in [2.05, 4.69) is 21.2 Å². The van der Waals surface area contributed by atoms with E-state index in [1.165, 1.54) is 18.1 Å². The summed E-state index contributed by atoms with van der Waals surface area (Å²) in [6.45, 7) is 0.179. The van der Waals surface area contributed by atoms with Crippen molar-refractivity contribution in [3.05, 3.63) is 61.5 Å². The fourth-order valence-electron chi connectivity index (χ4n) is 4.05. The Morgan fingerprint density at radius 3 is 2.53 bits per heavy atom. The van der Waals surface area contributed by atoms with Crippen LogP contribution in [0.25, 0.3) is 6.08 Å². The van der Waals surface area contributed by atoms with Crippen molar-refractivity contribution in [2.24, 2.45) is 0 Å². The van der Waals surface area contributed by atoms with E-state index >= 15 is 0 Å². The van der Waals surface area contributed by atoms with Crippen LogP contribution in [0.15, 0.2) is 40.4 Å². The zero-order valence-electron chi connectivity index (χ0n) is 18.2. The predicted molar refractivity (Wildman–Crippen MR) is 132 cm³/mol. The van der Waals surface area contributed by atoms with Crippen molar-refractivity contribution in [1.82, 2.24) is 10.2 Å². The molecule has 0 atom stereocenters. The maximum absolute atomic E-state index is 13.1. The van der Waals surface area contributed by atoms with E-state index in [1.807, 2.05) is 0 Å². The molecule has 4 rings (SSSR count). The van der Waals surface area contributed by atoms with Gasteiger partial charge in [-0.1, -0.05) is 58.0 Å². The molecule has 10 heteroatoms. The van der Waals surface area contributed by atoms with Crippen LogP contribution in [-0.2, 0) is 16.2 Å². The first-order chi connectivity index (χ1) is 16.3. The number of nitrogens with one attached hydrogen (secondary N) is 1. The molecule has 0 unspecified atom stereocenters. The normalized spacial score (nSPS) is 17.9. The number of halogens is 3. The lowest BCUT2D eigenvalue weighted by Gasteiger charge is -2.31. The molecule has 178 valence electrons. The van der Waals surface area contributed by atoms with Gasteiger partial charge >= 0.3 is 6.03 Å². The number of imide groups is 2. The first-order valence-electron chi connectivity index (χ1n) is 10.6. The summed E-state index contributed by atoms with van der Waals surface area (Å²) < 4.78 is 11.9. The van der Waals surface area contributed by atoms with E-state index in [-0.39, 0.29) is 18.2 Å². The van der Waals surface area contributed by atoms with Crippen molar-refractivity contribution in [2.45, 2.75) is 38.3 Å². The van der Waals surface area contributed by atoms with Crippen molar-refractivity contribution in [2.75, 3.05) is 7.11 Å². The highest BCUT2D eigenvalue weighted by Crippen LogP contribution is 2.36. The standard InChI is InChI=1S/C24H21BrCl2N2O5/c1-33-20-9-14(18(25)11-21(20)34-12-13-6-7-15(26)10-19(13)27)8-17-22(30)28-24(32)29(23(17)31)16-4-2-3-5-16/h6-11,16H,2-5,12H2,1H3,(H,28,30,32)/b17-8+. The van der Waals surface area contributed by atoms with E-state index in [1.54, 1.807) is 30.3 Å². The average molecular weight is 568 g/mol.